The van der Waals surface area contributed by atoms with Crippen molar-refractivity contribution in [3.8, 4) is 0 Å². The van der Waals surface area contributed by atoms with Gasteiger partial charge in [-0.3, -0.25) is 10.3 Å². The highest BCUT2D eigenvalue weighted by atomic mass is 32.2. The van der Waals surface area contributed by atoms with Crippen LogP contribution in [0.2, 0.25) is 0 Å². The van der Waals surface area contributed by atoms with E-state index in [1.165, 1.54) is 0 Å². The molecule has 3 N–H and O–H groups in total. The summed E-state index contributed by atoms with van der Waals surface area (Å²) < 4.78 is 0.308. The van der Waals surface area contributed by atoms with Crippen LogP contribution in [0.5, 0.6) is 0 Å². The average molecular weight is 201 g/mol. The quantitative estimate of drug-likeness (QED) is 0.520. The predicted octanol–water partition coefficient (Wildman–Crippen LogP) is 1.14. The van der Waals surface area contributed by atoms with Gasteiger partial charge in [0.1, 0.15) is 5.84 Å². The highest BCUT2D eigenvalue weighted by Crippen LogP contribution is 2.30. The van der Waals surface area contributed by atoms with Crippen LogP contribution in [0.15, 0.2) is 0 Å². The van der Waals surface area contributed by atoms with Gasteiger partial charge >= 0.3 is 0 Å². The number of thioether (sulfide) groups is 1. The first-order valence-corrected chi connectivity index (χ1v) is 5.63. The maximum atomic E-state index is 7.40. The Labute approximate surface area is 84.6 Å². The van der Waals surface area contributed by atoms with Crippen molar-refractivity contribution >= 4 is 17.6 Å². The van der Waals surface area contributed by atoms with Crippen molar-refractivity contribution < 1.29 is 0 Å². The number of rotatable bonds is 2. The fraction of sp³-hybridized carbons (Fsp3) is 0.889. The first kappa shape index (κ1) is 10.9. The highest BCUT2D eigenvalue weighted by molar-refractivity contribution is 8.00. The summed E-state index contributed by atoms with van der Waals surface area (Å²) in [6.45, 7) is 8.58. The van der Waals surface area contributed by atoms with Gasteiger partial charge < -0.3 is 5.73 Å². The third kappa shape index (κ3) is 2.88. The van der Waals surface area contributed by atoms with E-state index in [0.717, 1.165) is 18.8 Å². The Balaban J connectivity index is 2.56. The third-order valence-corrected chi connectivity index (χ3v) is 3.75. The molecule has 0 aromatic rings. The van der Waals surface area contributed by atoms with E-state index < -0.39 is 0 Å². The summed E-state index contributed by atoms with van der Waals surface area (Å²) in [5, 5.41) is 7.40. The van der Waals surface area contributed by atoms with Crippen LogP contribution in [0.25, 0.3) is 0 Å². The Morgan fingerprint density at radius 2 is 2.23 bits per heavy atom. The summed E-state index contributed by atoms with van der Waals surface area (Å²) in [5.41, 5.74) is 5.49. The van der Waals surface area contributed by atoms with Crippen LogP contribution in [0.1, 0.15) is 20.8 Å². The molecule has 0 aliphatic carbocycles. The SMILES string of the molecule is CC(C(=N)N)N1CCSC(C)(C)C1. The number of nitrogens with one attached hydrogen (secondary N) is 1. The molecular weight excluding hydrogens is 182 g/mol. The van der Waals surface area contributed by atoms with Gasteiger partial charge in [0.15, 0.2) is 0 Å². The molecule has 0 aromatic carbocycles. The van der Waals surface area contributed by atoms with Crippen LogP contribution in [-0.2, 0) is 0 Å². The molecule has 1 atom stereocenters. The van der Waals surface area contributed by atoms with Gasteiger partial charge in [-0.15, -0.1) is 0 Å². The third-order valence-electron chi connectivity index (χ3n) is 2.45. The molecule has 0 saturated carbocycles. The minimum absolute atomic E-state index is 0.0974. The first-order chi connectivity index (χ1) is 5.92. The Hall–Kier alpha value is -0.220. The van der Waals surface area contributed by atoms with Gasteiger partial charge in [-0.1, -0.05) is 0 Å². The minimum atomic E-state index is 0.0974. The van der Waals surface area contributed by atoms with Crippen LogP contribution in [-0.4, -0.2) is 40.4 Å². The van der Waals surface area contributed by atoms with Crippen molar-refractivity contribution in [2.75, 3.05) is 18.8 Å². The number of hydrogen-bond donors (Lipinski definition) is 2. The summed E-state index contributed by atoms with van der Waals surface area (Å²) >= 11 is 2.00. The lowest BCUT2D eigenvalue weighted by Gasteiger charge is -2.40. The molecule has 0 amide bonds. The molecule has 0 bridgehead atoms. The van der Waals surface area contributed by atoms with Crippen LogP contribution in [0.4, 0.5) is 0 Å². The number of nitrogens with two attached hydrogens (primary N) is 1. The maximum Gasteiger partial charge on any atom is 0.108 e. The molecule has 1 aliphatic heterocycles. The summed E-state index contributed by atoms with van der Waals surface area (Å²) in [6, 6.07) is 0.0974. The van der Waals surface area contributed by atoms with Crippen molar-refractivity contribution in [3.05, 3.63) is 0 Å². The molecule has 1 fully saturated rings. The zero-order valence-electron chi connectivity index (χ0n) is 8.63. The molecule has 1 heterocycles. The second-order valence-corrected chi connectivity index (χ2v) is 6.01. The summed E-state index contributed by atoms with van der Waals surface area (Å²) in [6.07, 6.45) is 0. The fourth-order valence-corrected chi connectivity index (χ4v) is 2.72. The Morgan fingerprint density at radius 3 is 2.69 bits per heavy atom. The lowest BCUT2D eigenvalue weighted by atomic mass is 10.1. The molecule has 1 rings (SSSR count). The van der Waals surface area contributed by atoms with E-state index in [9.17, 15) is 0 Å². The van der Waals surface area contributed by atoms with Crippen molar-refractivity contribution in [1.29, 1.82) is 5.41 Å². The molecule has 0 aromatic heterocycles. The van der Waals surface area contributed by atoms with Crippen molar-refractivity contribution in [2.45, 2.75) is 31.6 Å². The summed E-state index contributed by atoms with van der Waals surface area (Å²) in [5.74, 6) is 1.42. The molecule has 0 radical (unpaired) electrons. The lowest BCUT2D eigenvalue weighted by Crippen LogP contribution is -2.51. The minimum Gasteiger partial charge on any atom is -0.386 e. The second kappa shape index (κ2) is 3.88. The van der Waals surface area contributed by atoms with Gasteiger partial charge in [-0.2, -0.15) is 11.8 Å². The molecular formula is C9H19N3S. The monoisotopic (exact) mass is 201 g/mol. The molecule has 0 spiro atoms. The standard InChI is InChI=1S/C9H19N3S/c1-7(8(10)11)12-4-5-13-9(2,3)6-12/h7H,4-6H2,1-3H3,(H3,10,11). The molecule has 3 nitrogen and oxygen atoms in total. The van der Waals surface area contributed by atoms with Crippen molar-refractivity contribution in [2.24, 2.45) is 5.73 Å². The van der Waals surface area contributed by atoms with Crippen molar-refractivity contribution in [3.63, 3.8) is 0 Å². The fourth-order valence-electron chi connectivity index (χ4n) is 1.58. The number of amidine groups is 1. The predicted molar refractivity (Wildman–Crippen MR) is 59.5 cm³/mol. The maximum absolute atomic E-state index is 7.40. The van der Waals surface area contributed by atoms with E-state index in [0.29, 0.717) is 4.75 Å². The topological polar surface area (TPSA) is 53.1 Å². The van der Waals surface area contributed by atoms with Crippen LogP contribution < -0.4 is 5.73 Å². The first-order valence-electron chi connectivity index (χ1n) is 4.64. The Kier molecular flexibility index (Phi) is 3.24. The zero-order chi connectivity index (χ0) is 10.1. The number of hydrogen-bond acceptors (Lipinski definition) is 3. The van der Waals surface area contributed by atoms with E-state index in [1.54, 1.807) is 0 Å². The van der Waals surface area contributed by atoms with Crippen LogP contribution in [0, 0.1) is 5.41 Å². The van der Waals surface area contributed by atoms with E-state index in [-0.39, 0.29) is 11.9 Å². The van der Waals surface area contributed by atoms with Crippen LogP contribution >= 0.6 is 11.8 Å². The normalized spacial score (nSPS) is 25.5. The van der Waals surface area contributed by atoms with Gasteiger partial charge in [0.25, 0.3) is 0 Å². The molecule has 1 unspecified atom stereocenters. The zero-order valence-corrected chi connectivity index (χ0v) is 9.45. The molecule has 76 valence electrons. The Morgan fingerprint density at radius 1 is 1.62 bits per heavy atom. The molecule has 1 aliphatic rings. The van der Waals surface area contributed by atoms with Gasteiger partial charge in [0.05, 0.1) is 6.04 Å². The van der Waals surface area contributed by atoms with Gasteiger partial charge in [0, 0.05) is 23.6 Å². The summed E-state index contributed by atoms with van der Waals surface area (Å²) in [7, 11) is 0. The van der Waals surface area contributed by atoms with E-state index in [2.05, 4.69) is 18.7 Å². The van der Waals surface area contributed by atoms with E-state index in [4.69, 9.17) is 11.1 Å². The van der Waals surface area contributed by atoms with Gasteiger partial charge in [0.2, 0.25) is 0 Å². The highest BCUT2D eigenvalue weighted by Gasteiger charge is 2.30. The lowest BCUT2D eigenvalue weighted by molar-refractivity contribution is 0.239. The largest absolute Gasteiger partial charge is 0.386 e. The van der Waals surface area contributed by atoms with Crippen LogP contribution in [0.3, 0.4) is 0 Å². The summed E-state index contributed by atoms with van der Waals surface area (Å²) in [4.78, 5) is 2.29. The average Bonchev–Trinajstić information content (AvgIpc) is 2.01. The van der Waals surface area contributed by atoms with E-state index >= 15 is 0 Å². The molecule has 13 heavy (non-hydrogen) atoms. The molecule has 4 heteroatoms. The molecule has 1 saturated heterocycles. The smallest absolute Gasteiger partial charge is 0.108 e. The van der Waals surface area contributed by atoms with Gasteiger partial charge in [-0.25, -0.2) is 0 Å². The van der Waals surface area contributed by atoms with Crippen molar-refractivity contribution in [1.82, 2.24) is 4.90 Å². The second-order valence-electron chi connectivity index (χ2n) is 4.21. The van der Waals surface area contributed by atoms with E-state index in [1.807, 2.05) is 18.7 Å². The Bertz CT molecular complexity index is 203. The van der Waals surface area contributed by atoms with Gasteiger partial charge in [-0.05, 0) is 20.8 Å². The number of nitrogens with zero attached hydrogens (tertiary/aromatic N) is 1.